The molecule has 4 nitrogen and oxygen atoms in total. The second kappa shape index (κ2) is 6.41. The highest BCUT2D eigenvalue weighted by molar-refractivity contribution is 9.10. The first-order chi connectivity index (χ1) is 9.52. The molecule has 0 bridgehead atoms. The number of anilines is 1. The molecule has 2 rings (SSSR count). The predicted octanol–water partition coefficient (Wildman–Crippen LogP) is 3.10. The zero-order chi connectivity index (χ0) is 14.7. The molecule has 1 aromatic heterocycles. The Bertz CT molecular complexity index is 592. The molecule has 0 fully saturated rings. The van der Waals surface area contributed by atoms with Crippen molar-refractivity contribution in [3.05, 3.63) is 45.7 Å². The average molecular weight is 337 g/mol. The van der Waals surface area contributed by atoms with Gasteiger partial charge in [0.25, 0.3) is 0 Å². The van der Waals surface area contributed by atoms with Crippen LogP contribution in [0.5, 0.6) is 0 Å². The Morgan fingerprint density at radius 3 is 2.55 bits per heavy atom. The predicted molar refractivity (Wildman–Crippen MR) is 86.3 cm³/mol. The Balaban J connectivity index is 2.15. The first-order valence-corrected chi connectivity index (χ1v) is 7.56. The van der Waals surface area contributed by atoms with Gasteiger partial charge in [0.05, 0.1) is 15.9 Å². The number of para-hydroxylation sites is 1. The van der Waals surface area contributed by atoms with Crippen molar-refractivity contribution in [2.24, 2.45) is 7.05 Å². The fourth-order valence-corrected chi connectivity index (χ4v) is 2.72. The minimum absolute atomic E-state index is 0.847. The lowest BCUT2D eigenvalue weighted by molar-refractivity contribution is 0.264. The molecule has 0 aliphatic heterocycles. The molecule has 20 heavy (non-hydrogen) atoms. The van der Waals surface area contributed by atoms with E-state index in [9.17, 15) is 0 Å². The standard InChI is InChI=1S/C15H21BrN4/c1-4-20(9-12-7-5-6-8-13(12)17)10-14-15(16)11(2)18-19(14)3/h5-8H,4,9-10,17H2,1-3H3. The summed E-state index contributed by atoms with van der Waals surface area (Å²) in [6.07, 6.45) is 0. The first kappa shape index (κ1) is 15.1. The van der Waals surface area contributed by atoms with Crippen LogP contribution in [-0.4, -0.2) is 21.2 Å². The molecule has 0 aliphatic carbocycles. The third kappa shape index (κ3) is 3.22. The van der Waals surface area contributed by atoms with Gasteiger partial charge >= 0.3 is 0 Å². The van der Waals surface area contributed by atoms with E-state index in [2.05, 4.69) is 38.9 Å². The van der Waals surface area contributed by atoms with E-state index in [1.54, 1.807) is 0 Å². The fourth-order valence-electron chi connectivity index (χ4n) is 2.26. The number of nitrogen functional groups attached to an aromatic ring is 1. The summed E-state index contributed by atoms with van der Waals surface area (Å²) < 4.78 is 3.04. The summed E-state index contributed by atoms with van der Waals surface area (Å²) >= 11 is 3.62. The lowest BCUT2D eigenvalue weighted by Crippen LogP contribution is -2.24. The third-order valence-corrected chi connectivity index (χ3v) is 4.56. The Labute approximate surface area is 128 Å². The maximum atomic E-state index is 6.03. The summed E-state index contributed by atoms with van der Waals surface area (Å²) in [6.45, 7) is 6.84. The van der Waals surface area contributed by atoms with Crippen LogP contribution in [0.15, 0.2) is 28.7 Å². The highest BCUT2D eigenvalue weighted by Crippen LogP contribution is 2.23. The second-order valence-electron chi connectivity index (χ2n) is 4.97. The SMILES string of the molecule is CCN(Cc1ccccc1N)Cc1c(Br)c(C)nn1C. The number of hydrogen-bond donors (Lipinski definition) is 1. The van der Waals surface area contributed by atoms with Crippen LogP contribution in [0.2, 0.25) is 0 Å². The highest BCUT2D eigenvalue weighted by Gasteiger charge is 2.14. The van der Waals surface area contributed by atoms with E-state index < -0.39 is 0 Å². The minimum atomic E-state index is 0.847. The van der Waals surface area contributed by atoms with Gasteiger partial charge in [0.2, 0.25) is 0 Å². The minimum Gasteiger partial charge on any atom is -0.398 e. The largest absolute Gasteiger partial charge is 0.398 e. The zero-order valence-electron chi connectivity index (χ0n) is 12.2. The number of aryl methyl sites for hydroxylation is 2. The van der Waals surface area contributed by atoms with Crippen molar-refractivity contribution in [1.29, 1.82) is 0 Å². The number of benzene rings is 1. The molecule has 0 saturated carbocycles. The molecule has 0 unspecified atom stereocenters. The summed E-state index contributed by atoms with van der Waals surface area (Å²) in [5, 5.41) is 4.44. The first-order valence-electron chi connectivity index (χ1n) is 6.76. The number of rotatable bonds is 5. The van der Waals surface area contributed by atoms with E-state index in [0.717, 1.165) is 35.5 Å². The quantitative estimate of drug-likeness (QED) is 0.853. The molecule has 5 heteroatoms. The summed E-state index contributed by atoms with van der Waals surface area (Å²) in [6, 6.07) is 8.04. The van der Waals surface area contributed by atoms with Crippen LogP contribution in [0.4, 0.5) is 5.69 Å². The molecule has 1 aromatic carbocycles. The van der Waals surface area contributed by atoms with Crippen LogP contribution in [0.25, 0.3) is 0 Å². The highest BCUT2D eigenvalue weighted by atomic mass is 79.9. The van der Waals surface area contributed by atoms with Crippen molar-refractivity contribution < 1.29 is 0 Å². The molecule has 0 radical (unpaired) electrons. The second-order valence-corrected chi connectivity index (χ2v) is 5.76. The van der Waals surface area contributed by atoms with Gasteiger partial charge in [-0.15, -0.1) is 0 Å². The van der Waals surface area contributed by atoms with E-state index in [4.69, 9.17) is 5.73 Å². The van der Waals surface area contributed by atoms with Crippen molar-refractivity contribution >= 4 is 21.6 Å². The Morgan fingerprint density at radius 1 is 1.30 bits per heavy atom. The molecule has 0 atom stereocenters. The summed E-state index contributed by atoms with van der Waals surface area (Å²) in [4.78, 5) is 2.35. The van der Waals surface area contributed by atoms with Gasteiger partial charge < -0.3 is 5.73 Å². The van der Waals surface area contributed by atoms with E-state index in [0.29, 0.717) is 0 Å². The lowest BCUT2D eigenvalue weighted by Gasteiger charge is -2.21. The Kier molecular flexibility index (Phi) is 4.83. The van der Waals surface area contributed by atoms with Crippen LogP contribution in [-0.2, 0) is 20.1 Å². The molecule has 0 saturated heterocycles. The molecule has 0 aliphatic rings. The van der Waals surface area contributed by atoms with Crippen LogP contribution in [0, 0.1) is 6.92 Å². The van der Waals surface area contributed by atoms with Crippen LogP contribution in [0.1, 0.15) is 23.9 Å². The molecular formula is C15H21BrN4. The normalized spacial score (nSPS) is 11.2. The fraction of sp³-hybridized carbons (Fsp3) is 0.400. The summed E-state index contributed by atoms with van der Waals surface area (Å²) in [5.41, 5.74) is 10.3. The van der Waals surface area contributed by atoms with Gasteiger partial charge in [-0.3, -0.25) is 9.58 Å². The van der Waals surface area contributed by atoms with E-state index in [1.165, 1.54) is 11.3 Å². The third-order valence-electron chi connectivity index (χ3n) is 3.53. The van der Waals surface area contributed by atoms with Crippen molar-refractivity contribution in [2.75, 3.05) is 12.3 Å². The number of hydrogen-bond acceptors (Lipinski definition) is 3. The molecule has 0 spiro atoms. The maximum Gasteiger partial charge on any atom is 0.0739 e. The van der Waals surface area contributed by atoms with Crippen molar-refractivity contribution in [3.8, 4) is 0 Å². The summed E-state index contributed by atoms with van der Waals surface area (Å²) in [5.74, 6) is 0. The maximum absolute atomic E-state index is 6.03. The number of halogens is 1. The smallest absolute Gasteiger partial charge is 0.0739 e. The molecule has 2 N–H and O–H groups in total. The molecular weight excluding hydrogens is 316 g/mol. The van der Waals surface area contributed by atoms with Crippen LogP contribution >= 0.6 is 15.9 Å². The van der Waals surface area contributed by atoms with Crippen molar-refractivity contribution in [1.82, 2.24) is 14.7 Å². The van der Waals surface area contributed by atoms with E-state index in [-0.39, 0.29) is 0 Å². The van der Waals surface area contributed by atoms with Crippen LogP contribution in [0.3, 0.4) is 0 Å². The zero-order valence-corrected chi connectivity index (χ0v) is 13.8. The van der Waals surface area contributed by atoms with Gasteiger partial charge in [-0.25, -0.2) is 0 Å². The van der Waals surface area contributed by atoms with E-state index in [1.807, 2.05) is 36.9 Å². The number of nitrogens with two attached hydrogens (primary N) is 1. The van der Waals surface area contributed by atoms with Crippen molar-refractivity contribution in [3.63, 3.8) is 0 Å². The number of aromatic nitrogens is 2. The van der Waals surface area contributed by atoms with Gasteiger partial charge in [-0.2, -0.15) is 5.10 Å². The molecule has 108 valence electrons. The average Bonchev–Trinajstić information content (AvgIpc) is 2.66. The van der Waals surface area contributed by atoms with Gasteiger partial charge in [0, 0.05) is 25.8 Å². The monoisotopic (exact) mass is 336 g/mol. The Morgan fingerprint density at radius 2 is 2.00 bits per heavy atom. The van der Waals surface area contributed by atoms with Crippen molar-refractivity contribution in [2.45, 2.75) is 26.9 Å². The van der Waals surface area contributed by atoms with Gasteiger partial charge in [0.1, 0.15) is 0 Å². The summed E-state index contributed by atoms with van der Waals surface area (Å²) in [7, 11) is 1.98. The van der Waals surface area contributed by atoms with E-state index >= 15 is 0 Å². The van der Waals surface area contributed by atoms with Gasteiger partial charge in [-0.1, -0.05) is 25.1 Å². The molecule has 0 amide bonds. The Hall–Kier alpha value is -1.33. The lowest BCUT2D eigenvalue weighted by atomic mass is 10.1. The molecule has 2 aromatic rings. The topological polar surface area (TPSA) is 47.1 Å². The van der Waals surface area contributed by atoms with Gasteiger partial charge in [-0.05, 0) is 41.0 Å². The number of nitrogens with zero attached hydrogens (tertiary/aromatic N) is 3. The van der Waals surface area contributed by atoms with Crippen LogP contribution < -0.4 is 5.73 Å². The van der Waals surface area contributed by atoms with Gasteiger partial charge in [0.15, 0.2) is 0 Å². The molecule has 1 heterocycles.